The summed E-state index contributed by atoms with van der Waals surface area (Å²) in [4.78, 5) is 12.4. The van der Waals surface area contributed by atoms with E-state index in [1.54, 1.807) is 12.1 Å². The lowest BCUT2D eigenvalue weighted by atomic mass is 10.2. The van der Waals surface area contributed by atoms with Crippen LogP contribution in [0.4, 0.5) is 17.1 Å². The minimum atomic E-state index is -0.469. The molecule has 2 rings (SSSR count). The number of nitrogens with zero attached hydrogens (tertiary/aromatic N) is 2. The molecule has 1 fully saturated rings. The summed E-state index contributed by atoms with van der Waals surface area (Å²) in [5.41, 5.74) is 12.5. The van der Waals surface area contributed by atoms with E-state index < -0.39 is 4.92 Å². The number of benzene rings is 1. The van der Waals surface area contributed by atoms with Crippen LogP contribution >= 0.6 is 0 Å². The molecule has 1 aliphatic rings. The van der Waals surface area contributed by atoms with Crippen LogP contribution in [0.1, 0.15) is 12.8 Å². The molecule has 4 N–H and O–H groups in total. The molecule has 1 aliphatic heterocycles. The number of nitro groups is 1. The van der Waals surface area contributed by atoms with Crippen LogP contribution in [0, 0.1) is 10.1 Å². The van der Waals surface area contributed by atoms with Gasteiger partial charge in [0.25, 0.3) is 5.69 Å². The number of hydrogen-bond donors (Lipinski definition) is 2. The van der Waals surface area contributed by atoms with Gasteiger partial charge in [-0.2, -0.15) is 0 Å². The molecular weight excluding hydrogens is 220 g/mol. The Labute approximate surface area is 99.3 Å². The fourth-order valence-electron chi connectivity index (χ4n) is 2.31. The molecule has 1 aromatic carbocycles. The summed E-state index contributed by atoms with van der Waals surface area (Å²) in [6.07, 6.45) is 2.16. The van der Waals surface area contributed by atoms with Crippen molar-refractivity contribution in [2.24, 2.45) is 5.73 Å². The molecule has 1 aromatic rings. The molecule has 17 heavy (non-hydrogen) atoms. The van der Waals surface area contributed by atoms with Gasteiger partial charge in [0.15, 0.2) is 0 Å². The SMILES string of the molecule is NCC1CCCN1c1ccc([N+](=O)[O-])c(N)c1. The topological polar surface area (TPSA) is 98.4 Å². The summed E-state index contributed by atoms with van der Waals surface area (Å²) in [6.45, 7) is 1.52. The van der Waals surface area contributed by atoms with Crippen LogP contribution in [0.2, 0.25) is 0 Å². The summed E-state index contributed by atoms with van der Waals surface area (Å²) in [5.74, 6) is 0. The smallest absolute Gasteiger partial charge is 0.292 e. The fourth-order valence-corrected chi connectivity index (χ4v) is 2.31. The number of rotatable bonds is 3. The van der Waals surface area contributed by atoms with Crippen molar-refractivity contribution in [2.45, 2.75) is 18.9 Å². The molecule has 0 saturated carbocycles. The van der Waals surface area contributed by atoms with E-state index in [1.165, 1.54) is 6.07 Å². The molecule has 6 heteroatoms. The first kappa shape index (κ1) is 11.7. The highest BCUT2D eigenvalue weighted by Gasteiger charge is 2.24. The molecule has 1 heterocycles. The van der Waals surface area contributed by atoms with Crippen LogP contribution in [0.25, 0.3) is 0 Å². The van der Waals surface area contributed by atoms with Crippen LogP contribution < -0.4 is 16.4 Å². The summed E-state index contributed by atoms with van der Waals surface area (Å²) >= 11 is 0. The maximum atomic E-state index is 10.7. The van der Waals surface area contributed by atoms with Gasteiger partial charge in [0.2, 0.25) is 0 Å². The zero-order chi connectivity index (χ0) is 12.4. The second kappa shape index (κ2) is 4.58. The van der Waals surface area contributed by atoms with Crippen molar-refractivity contribution in [1.29, 1.82) is 0 Å². The average molecular weight is 236 g/mol. The highest BCUT2D eigenvalue weighted by Crippen LogP contribution is 2.30. The molecule has 1 saturated heterocycles. The number of anilines is 2. The minimum Gasteiger partial charge on any atom is -0.393 e. The maximum Gasteiger partial charge on any atom is 0.292 e. The molecule has 6 nitrogen and oxygen atoms in total. The number of hydrogen-bond acceptors (Lipinski definition) is 5. The van der Waals surface area contributed by atoms with Crippen LogP contribution in [-0.2, 0) is 0 Å². The third-order valence-corrected chi connectivity index (χ3v) is 3.19. The molecule has 0 aromatic heterocycles. The molecule has 0 radical (unpaired) electrons. The number of nitro benzene ring substituents is 1. The molecule has 0 bridgehead atoms. The van der Waals surface area contributed by atoms with E-state index in [2.05, 4.69) is 4.90 Å². The lowest BCUT2D eigenvalue weighted by molar-refractivity contribution is -0.383. The lowest BCUT2D eigenvalue weighted by Crippen LogP contribution is -2.35. The van der Waals surface area contributed by atoms with Gasteiger partial charge >= 0.3 is 0 Å². The van der Waals surface area contributed by atoms with Gasteiger partial charge in [0, 0.05) is 30.9 Å². The Balaban J connectivity index is 2.28. The van der Waals surface area contributed by atoms with Gasteiger partial charge in [0.05, 0.1) is 4.92 Å². The second-order valence-corrected chi connectivity index (χ2v) is 4.23. The van der Waals surface area contributed by atoms with Gasteiger partial charge in [-0.15, -0.1) is 0 Å². The lowest BCUT2D eigenvalue weighted by Gasteiger charge is -2.25. The zero-order valence-electron chi connectivity index (χ0n) is 9.50. The minimum absolute atomic E-state index is 0.0442. The third kappa shape index (κ3) is 2.16. The van der Waals surface area contributed by atoms with Crippen LogP contribution in [0.3, 0.4) is 0 Å². The Kier molecular flexibility index (Phi) is 3.14. The third-order valence-electron chi connectivity index (χ3n) is 3.19. The molecule has 0 amide bonds. The zero-order valence-corrected chi connectivity index (χ0v) is 9.50. The largest absolute Gasteiger partial charge is 0.393 e. The first-order valence-corrected chi connectivity index (χ1v) is 5.64. The van der Waals surface area contributed by atoms with Crippen molar-refractivity contribution in [2.75, 3.05) is 23.7 Å². The Hall–Kier alpha value is -1.82. The Morgan fingerprint density at radius 1 is 1.53 bits per heavy atom. The Morgan fingerprint density at radius 3 is 2.88 bits per heavy atom. The van der Waals surface area contributed by atoms with E-state index in [4.69, 9.17) is 11.5 Å². The highest BCUT2D eigenvalue weighted by molar-refractivity contribution is 5.67. The number of nitrogen functional groups attached to an aromatic ring is 1. The van der Waals surface area contributed by atoms with Gasteiger partial charge in [-0.25, -0.2) is 0 Å². The summed E-state index contributed by atoms with van der Waals surface area (Å²) in [7, 11) is 0. The van der Waals surface area contributed by atoms with Crippen LogP contribution in [0.5, 0.6) is 0 Å². The van der Waals surface area contributed by atoms with E-state index in [1.807, 2.05) is 0 Å². The predicted molar refractivity (Wildman–Crippen MR) is 66.9 cm³/mol. The monoisotopic (exact) mass is 236 g/mol. The van der Waals surface area contributed by atoms with Crippen molar-refractivity contribution in [3.63, 3.8) is 0 Å². The van der Waals surface area contributed by atoms with Crippen LogP contribution in [-0.4, -0.2) is 24.1 Å². The first-order valence-electron chi connectivity index (χ1n) is 5.64. The molecule has 1 atom stereocenters. The summed E-state index contributed by atoms with van der Waals surface area (Å²) < 4.78 is 0. The molecule has 92 valence electrons. The van der Waals surface area contributed by atoms with Crippen molar-refractivity contribution in [3.05, 3.63) is 28.3 Å². The molecular formula is C11H16N4O2. The van der Waals surface area contributed by atoms with Crippen LogP contribution in [0.15, 0.2) is 18.2 Å². The van der Waals surface area contributed by atoms with E-state index >= 15 is 0 Å². The van der Waals surface area contributed by atoms with Gasteiger partial charge in [0.1, 0.15) is 5.69 Å². The van der Waals surface area contributed by atoms with Gasteiger partial charge in [-0.05, 0) is 25.0 Å². The maximum absolute atomic E-state index is 10.7. The van der Waals surface area contributed by atoms with E-state index in [0.29, 0.717) is 12.6 Å². The Bertz CT molecular complexity index is 435. The van der Waals surface area contributed by atoms with Crippen molar-refractivity contribution >= 4 is 17.1 Å². The predicted octanol–water partition coefficient (Wildman–Crippen LogP) is 1.10. The quantitative estimate of drug-likeness (QED) is 0.465. The fraction of sp³-hybridized carbons (Fsp3) is 0.455. The summed E-state index contributed by atoms with van der Waals surface area (Å²) in [5, 5.41) is 10.7. The summed E-state index contributed by atoms with van der Waals surface area (Å²) in [6, 6.07) is 5.17. The Morgan fingerprint density at radius 2 is 2.29 bits per heavy atom. The van der Waals surface area contributed by atoms with Crippen molar-refractivity contribution in [1.82, 2.24) is 0 Å². The normalized spacial score (nSPS) is 19.6. The van der Waals surface area contributed by atoms with E-state index in [9.17, 15) is 10.1 Å². The van der Waals surface area contributed by atoms with E-state index in [0.717, 1.165) is 25.1 Å². The first-order chi connectivity index (χ1) is 8.13. The highest BCUT2D eigenvalue weighted by atomic mass is 16.6. The number of nitrogens with two attached hydrogens (primary N) is 2. The average Bonchev–Trinajstić information content (AvgIpc) is 2.76. The molecule has 1 unspecified atom stereocenters. The van der Waals surface area contributed by atoms with Crippen molar-refractivity contribution < 1.29 is 4.92 Å². The van der Waals surface area contributed by atoms with Gasteiger partial charge < -0.3 is 16.4 Å². The second-order valence-electron chi connectivity index (χ2n) is 4.23. The standard InChI is InChI=1S/C11H16N4O2/c12-7-9-2-1-5-14(9)8-3-4-11(15(16)17)10(13)6-8/h3-4,6,9H,1-2,5,7,12-13H2. The molecule has 0 aliphatic carbocycles. The molecule has 0 spiro atoms. The van der Waals surface area contributed by atoms with Gasteiger partial charge in [-0.1, -0.05) is 0 Å². The van der Waals surface area contributed by atoms with E-state index in [-0.39, 0.29) is 11.4 Å². The van der Waals surface area contributed by atoms with Crippen molar-refractivity contribution in [3.8, 4) is 0 Å². The van der Waals surface area contributed by atoms with Gasteiger partial charge in [-0.3, -0.25) is 10.1 Å².